The van der Waals surface area contributed by atoms with Gasteiger partial charge in [-0.1, -0.05) is 11.6 Å². The number of carbonyl (C=O) groups excluding carboxylic acids is 3. The summed E-state index contributed by atoms with van der Waals surface area (Å²) in [7, 11) is 0. The molecule has 0 aromatic carbocycles. The highest BCUT2D eigenvalue weighted by Gasteiger charge is 2.51. The molecular formula is C13H14O3. The number of allylic oxidation sites excluding steroid dienone is 4. The van der Waals surface area contributed by atoms with Crippen molar-refractivity contribution >= 4 is 17.9 Å². The second-order valence-corrected chi connectivity index (χ2v) is 4.73. The van der Waals surface area contributed by atoms with Crippen LogP contribution in [0.5, 0.6) is 0 Å². The average molecular weight is 218 g/mol. The molecular weight excluding hydrogens is 204 g/mol. The molecule has 0 heterocycles. The molecule has 0 aromatic rings. The van der Waals surface area contributed by atoms with Crippen molar-refractivity contribution in [2.24, 2.45) is 11.3 Å². The lowest BCUT2D eigenvalue weighted by molar-refractivity contribution is -0.142. The summed E-state index contributed by atoms with van der Waals surface area (Å²) in [5.74, 6) is -0.751. The van der Waals surface area contributed by atoms with Crippen molar-refractivity contribution in [3.63, 3.8) is 0 Å². The number of hydrogen-bond donors (Lipinski definition) is 0. The summed E-state index contributed by atoms with van der Waals surface area (Å²) in [6.07, 6.45) is 4.84. The zero-order chi connectivity index (χ0) is 11.9. The van der Waals surface area contributed by atoms with Crippen molar-refractivity contribution in [1.29, 1.82) is 0 Å². The Bertz CT molecular complexity index is 442. The van der Waals surface area contributed by atoms with Crippen LogP contribution in [0.3, 0.4) is 0 Å². The first kappa shape index (κ1) is 11.0. The molecule has 2 rings (SSSR count). The Hall–Kier alpha value is -1.51. The van der Waals surface area contributed by atoms with Gasteiger partial charge in [-0.15, -0.1) is 0 Å². The van der Waals surface area contributed by atoms with E-state index in [0.29, 0.717) is 24.7 Å². The lowest BCUT2D eigenvalue weighted by Crippen LogP contribution is -2.48. The molecule has 0 saturated carbocycles. The summed E-state index contributed by atoms with van der Waals surface area (Å²) in [4.78, 5) is 35.3. The molecule has 0 fully saturated rings. The van der Waals surface area contributed by atoms with Crippen LogP contribution in [0.4, 0.5) is 0 Å². The predicted octanol–water partition coefficient (Wildman–Crippen LogP) is 1.63. The minimum Gasteiger partial charge on any atom is -0.302 e. The van der Waals surface area contributed by atoms with Gasteiger partial charge in [-0.25, -0.2) is 0 Å². The maximum atomic E-state index is 12.1. The normalized spacial score (nSPS) is 34.0. The van der Waals surface area contributed by atoms with Crippen LogP contribution in [0.25, 0.3) is 0 Å². The van der Waals surface area contributed by atoms with Crippen molar-refractivity contribution in [3.05, 3.63) is 23.3 Å². The van der Waals surface area contributed by atoms with Crippen LogP contribution in [0.15, 0.2) is 23.3 Å². The average Bonchev–Trinajstić information content (AvgIpc) is 2.27. The van der Waals surface area contributed by atoms with Gasteiger partial charge < -0.3 is 4.79 Å². The third kappa shape index (κ3) is 1.31. The van der Waals surface area contributed by atoms with E-state index in [-0.39, 0.29) is 11.6 Å². The number of aldehydes is 1. The highest BCUT2D eigenvalue weighted by Crippen LogP contribution is 2.44. The van der Waals surface area contributed by atoms with E-state index >= 15 is 0 Å². The van der Waals surface area contributed by atoms with Gasteiger partial charge in [0.1, 0.15) is 11.7 Å². The van der Waals surface area contributed by atoms with E-state index in [4.69, 9.17) is 0 Å². The van der Waals surface area contributed by atoms with Crippen LogP contribution in [-0.4, -0.2) is 17.9 Å². The van der Waals surface area contributed by atoms with Gasteiger partial charge in [0, 0.05) is 5.92 Å². The summed E-state index contributed by atoms with van der Waals surface area (Å²) in [6.45, 7) is 3.53. The second-order valence-electron chi connectivity index (χ2n) is 4.73. The Morgan fingerprint density at radius 2 is 2.06 bits per heavy atom. The number of Topliss-reactive ketones (excluding diaryl/α,β-unsaturated/α-hetero) is 1. The fourth-order valence-electron chi connectivity index (χ4n) is 2.61. The second kappa shape index (κ2) is 3.51. The lowest BCUT2D eigenvalue weighted by atomic mass is 9.60. The summed E-state index contributed by atoms with van der Waals surface area (Å²) in [5.41, 5.74) is 0.369. The summed E-state index contributed by atoms with van der Waals surface area (Å²) in [6, 6.07) is 0. The van der Waals surface area contributed by atoms with E-state index in [1.165, 1.54) is 6.08 Å². The molecule has 2 atom stereocenters. The third-order valence-electron chi connectivity index (χ3n) is 3.63. The van der Waals surface area contributed by atoms with Crippen molar-refractivity contribution in [2.75, 3.05) is 0 Å². The number of carbonyl (C=O) groups is 3. The monoisotopic (exact) mass is 218 g/mol. The van der Waals surface area contributed by atoms with Crippen LogP contribution < -0.4 is 0 Å². The van der Waals surface area contributed by atoms with Crippen LogP contribution in [0.1, 0.15) is 26.7 Å². The molecule has 3 nitrogen and oxygen atoms in total. The molecule has 0 radical (unpaired) electrons. The zero-order valence-corrected chi connectivity index (χ0v) is 9.45. The minimum absolute atomic E-state index is 0.0864. The Kier molecular flexibility index (Phi) is 2.41. The number of hydrogen-bond acceptors (Lipinski definition) is 3. The Morgan fingerprint density at radius 1 is 1.38 bits per heavy atom. The van der Waals surface area contributed by atoms with Gasteiger partial charge in [0.25, 0.3) is 0 Å². The van der Waals surface area contributed by atoms with Gasteiger partial charge in [0.2, 0.25) is 0 Å². The molecule has 3 heteroatoms. The summed E-state index contributed by atoms with van der Waals surface area (Å²) in [5, 5.41) is 0. The maximum Gasteiger partial charge on any atom is 0.172 e. The molecule has 0 aliphatic heterocycles. The van der Waals surface area contributed by atoms with Crippen LogP contribution in [0, 0.1) is 11.3 Å². The van der Waals surface area contributed by atoms with E-state index in [0.717, 1.165) is 5.57 Å². The van der Waals surface area contributed by atoms with Gasteiger partial charge >= 0.3 is 0 Å². The first-order valence-corrected chi connectivity index (χ1v) is 5.40. The molecule has 0 spiro atoms. The van der Waals surface area contributed by atoms with Gasteiger partial charge in [0.15, 0.2) is 11.6 Å². The van der Waals surface area contributed by atoms with Crippen molar-refractivity contribution < 1.29 is 14.4 Å². The summed E-state index contributed by atoms with van der Waals surface area (Å²) < 4.78 is 0. The fraction of sp³-hybridized carbons (Fsp3) is 0.462. The molecule has 0 N–H and O–H groups in total. The van der Waals surface area contributed by atoms with E-state index < -0.39 is 11.3 Å². The van der Waals surface area contributed by atoms with E-state index in [1.807, 2.05) is 13.0 Å². The van der Waals surface area contributed by atoms with Gasteiger partial charge in [-0.05, 0) is 38.3 Å². The minimum atomic E-state index is -1.12. The van der Waals surface area contributed by atoms with Crippen molar-refractivity contribution in [1.82, 2.24) is 0 Å². The molecule has 0 bridgehead atoms. The Labute approximate surface area is 94.2 Å². The van der Waals surface area contributed by atoms with Crippen molar-refractivity contribution in [3.8, 4) is 0 Å². The topological polar surface area (TPSA) is 51.2 Å². The van der Waals surface area contributed by atoms with Crippen LogP contribution in [-0.2, 0) is 14.4 Å². The van der Waals surface area contributed by atoms with Gasteiger partial charge in [-0.3, -0.25) is 9.59 Å². The Morgan fingerprint density at radius 3 is 2.69 bits per heavy atom. The number of rotatable bonds is 1. The first-order valence-electron chi connectivity index (χ1n) is 5.40. The van der Waals surface area contributed by atoms with Crippen LogP contribution in [0.2, 0.25) is 0 Å². The highest BCUT2D eigenvalue weighted by atomic mass is 16.2. The van der Waals surface area contributed by atoms with Gasteiger partial charge in [-0.2, -0.15) is 0 Å². The molecule has 0 unspecified atom stereocenters. The quantitative estimate of drug-likeness (QED) is 0.382. The summed E-state index contributed by atoms with van der Waals surface area (Å²) >= 11 is 0. The number of fused-ring (bicyclic) bond motifs is 1. The molecule has 0 amide bonds. The number of ketones is 2. The van der Waals surface area contributed by atoms with Crippen molar-refractivity contribution in [2.45, 2.75) is 26.7 Å². The van der Waals surface area contributed by atoms with E-state index in [2.05, 4.69) is 0 Å². The molecule has 0 saturated heterocycles. The maximum absolute atomic E-state index is 12.1. The lowest BCUT2D eigenvalue weighted by Gasteiger charge is -2.39. The molecule has 2 aliphatic carbocycles. The molecule has 2 aliphatic rings. The molecule has 84 valence electrons. The van der Waals surface area contributed by atoms with E-state index in [1.54, 1.807) is 6.92 Å². The zero-order valence-electron chi connectivity index (χ0n) is 9.45. The highest BCUT2D eigenvalue weighted by molar-refractivity contribution is 6.18. The standard InChI is InChI=1S/C13H14O3/c1-8-3-4-13(7-14)10(5-8)11(15)6-9(2)12(13)16/h3,6-7,10H,4-5H2,1-2H3/t10-,13+/m0/s1. The fourth-order valence-corrected chi connectivity index (χ4v) is 2.61. The van der Waals surface area contributed by atoms with E-state index in [9.17, 15) is 14.4 Å². The molecule has 16 heavy (non-hydrogen) atoms. The van der Waals surface area contributed by atoms with Gasteiger partial charge in [0.05, 0.1) is 0 Å². The molecule has 0 aromatic heterocycles. The first-order chi connectivity index (χ1) is 7.51. The Balaban J connectivity index is 2.56. The largest absolute Gasteiger partial charge is 0.302 e. The van der Waals surface area contributed by atoms with Crippen LogP contribution >= 0.6 is 0 Å². The third-order valence-corrected chi connectivity index (χ3v) is 3.63. The SMILES string of the molecule is CC1=CC[C@]2(C=O)C(=O)C(C)=CC(=O)[C@@H]2C1. The predicted molar refractivity (Wildman–Crippen MR) is 58.7 cm³/mol. The smallest absolute Gasteiger partial charge is 0.172 e.